The Morgan fingerprint density at radius 3 is 2.80 bits per heavy atom. The van der Waals surface area contributed by atoms with Crippen LogP contribution in [0.3, 0.4) is 0 Å². The van der Waals surface area contributed by atoms with Gasteiger partial charge in [0, 0.05) is 18.4 Å². The number of nitrogens with one attached hydrogen (secondary N) is 1. The molecule has 3 unspecified atom stereocenters. The lowest BCUT2D eigenvalue weighted by atomic mass is 9.98. The first kappa shape index (κ1) is 10.9. The number of pyridine rings is 1. The number of halogens is 1. The lowest BCUT2D eigenvalue weighted by Gasteiger charge is -2.21. The first-order chi connectivity index (χ1) is 7.18. The highest BCUT2D eigenvalue weighted by Gasteiger charge is 2.29. The first-order valence-electron chi connectivity index (χ1n) is 5.54. The Hall–Kier alpha value is -0.570. The summed E-state index contributed by atoms with van der Waals surface area (Å²) in [5.74, 6) is 1.59. The third kappa shape index (κ3) is 2.33. The molecule has 2 nitrogen and oxygen atoms in total. The van der Waals surface area contributed by atoms with Crippen molar-refractivity contribution in [3.63, 3.8) is 0 Å². The number of rotatable bonds is 2. The Labute approximate surface area is 99.6 Å². The van der Waals surface area contributed by atoms with Gasteiger partial charge in [-0.2, -0.15) is 0 Å². The smallest absolute Gasteiger partial charge is 0.0590 e. The summed E-state index contributed by atoms with van der Waals surface area (Å²) in [5, 5.41) is 3.60. The maximum absolute atomic E-state index is 4.07. The van der Waals surface area contributed by atoms with Crippen LogP contribution in [0.4, 0.5) is 5.69 Å². The molecule has 1 N–H and O–H groups in total. The topological polar surface area (TPSA) is 24.9 Å². The zero-order valence-electron chi connectivity index (χ0n) is 9.20. The van der Waals surface area contributed by atoms with Gasteiger partial charge < -0.3 is 5.32 Å². The van der Waals surface area contributed by atoms with Crippen LogP contribution in [0.25, 0.3) is 0 Å². The van der Waals surface area contributed by atoms with Crippen molar-refractivity contribution in [1.29, 1.82) is 0 Å². The van der Waals surface area contributed by atoms with Gasteiger partial charge in [0.2, 0.25) is 0 Å². The summed E-state index contributed by atoms with van der Waals surface area (Å²) in [6.45, 7) is 4.68. The Kier molecular flexibility index (Phi) is 3.29. The molecule has 3 heteroatoms. The quantitative estimate of drug-likeness (QED) is 0.885. The molecule has 0 bridgehead atoms. The summed E-state index contributed by atoms with van der Waals surface area (Å²) in [6, 6.07) is 2.64. The van der Waals surface area contributed by atoms with Gasteiger partial charge in [0.1, 0.15) is 0 Å². The third-order valence-electron chi connectivity index (χ3n) is 3.58. The zero-order valence-corrected chi connectivity index (χ0v) is 10.8. The van der Waals surface area contributed by atoms with Crippen LogP contribution >= 0.6 is 15.9 Å². The van der Waals surface area contributed by atoms with Crippen molar-refractivity contribution in [3.8, 4) is 0 Å². The molecule has 0 aliphatic heterocycles. The number of anilines is 1. The molecular formula is C12H17BrN2. The van der Waals surface area contributed by atoms with E-state index in [1.54, 1.807) is 0 Å². The lowest BCUT2D eigenvalue weighted by Crippen LogP contribution is -2.24. The summed E-state index contributed by atoms with van der Waals surface area (Å²) >= 11 is 3.51. The molecule has 0 saturated heterocycles. The minimum atomic E-state index is 0.610. The summed E-state index contributed by atoms with van der Waals surface area (Å²) < 4.78 is 1.05. The van der Waals surface area contributed by atoms with E-state index in [1.807, 2.05) is 18.5 Å². The highest BCUT2D eigenvalue weighted by molar-refractivity contribution is 9.10. The van der Waals surface area contributed by atoms with Crippen molar-refractivity contribution in [2.45, 2.75) is 32.7 Å². The minimum absolute atomic E-state index is 0.610. The molecule has 0 spiro atoms. The van der Waals surface area contributed by atoms with Crippen molar-refractivity contribution in [1.82, 2.24) is 4.98 Å². The van der Waals surface area contributed by atoms with Crippen LogP contribution in [0.5, 0.6) is 0 Å². The number of aromatic nitrogens is 1. The first-order valence-corrected chi connectivity index (χ1v) is 6.34. The van der Waals surface area contributed by atoms with Gasteiger partial charge in [0.05, 0.1) is 10.2 Å². The van der Waals surface area contributed by atoms with Crippen LogP contribution in [-0.2, 0) is 0 Å². The second-order valence-corrected chi connectivity index (χ2v) is 5.37. The van der Waals surface area contributed by atoms with Crippen LogP contribution in [0.2, 0.25) is 0 Å². The lowest BCUT2D eigenvalue weighted by molar-refractivity contribution is 0.435. The average Bonchev–Trinajstić information content (AvgIpc) is 2.53. The normalized spacial score (nSPS) is 30.5. The molecule has 1 fully saturated rings. The standard InChI is InChI=1S/C12H17BrN2/c1-8-3-4-11(9(8)2)15-12-5-6-14-7-10(12)13/h5-9,11H,3-4H2,1-2H3,(H,14,15). The van der Waals surface area contributed by atoms with Crippen LogP contribution in [-0.4, -0.2) is 11.0 Å². The van der Waals surface area contributed by atoms with E-state index in [4.69, 9.17) is 0 Å². The number of hydrogen-bond acceptors (Lipinski definition) is 2. The van der Waals surface area contributed by atoms with Gasteiger partial charge >= 0.3 is 0 Å². The average molecular weight is 269 g/mol. The van der Waals surface area contributed by atoms with Gasteiger partial charge in [-0.05, 0) is 46.7 Å². The van der Waals surface area contributed by atoms with E-state index in [0.29, 0.717) is 6.04 Å². The second kappa shape index (κ2) is 4.52. The zero-order chi connectivity index (χ0) is 10.8. The molecule has 2 rings (SSSR count). The molecule has 0 aromatic carbocycles. The molecule has 0 amide bonds. The van der Waals surface area contributed by atoms with Gasteiger partial charge in [-0.1, -0.05) is 13.8 Å². The van der Waals surface area contributed by atoms with Crippen molar-refractivity contribution in [3.05, 3.63) is 22.9 Å². The SMILES string of the molecule is CC1CCC(Nc2ccncc2Br)C1C. The molecule has 15 heavy (non-hydrogen) atoms. The van der Waals surface area contributed by atoms with E-state index in [2.05, 4.69) is 40.1 Å². The predicted octanol–water partition coefficient (Wildman–Crippen LogP) is 3.69. The summed E-state index contributed by atoms with van der Waals surface area (Å²) in [5.41, 5.74) is 1.16. The van der Waals surface area contributed by atoms with E-state index in [9.17, 15) is 0 Å². The van der Waals surface area contributed by atoms with Crippen molar-refractivity contribution < 1.29 is 0 Å². The Bertz CT molecular complexity index is 340. The maximum Gasteiger partial charge on any atom is 0.0590 e. The van der Waals surface area contributed by atoms with E-state index in [-0.39, 0.29) is 0 Å². The van der Waals surface area contributed by atoms with Crippen molar-refractivity contribution in [2.24, 2.45) is 11.8 Å². The Morgan fingerprint density at radius 1 is 1.40 bits per heavy atom. The van der Waals surface area contributed by atoms with E-state index in [1.165, 1.54) is 12.8 Å². The van der Waals surface area contributed by atoms with Gasteiger partial charge in [-0.15, -0.1) is 0 Å². The Morgan fingerprint density at radius 2 is 2.20 bits per heavy atom. The third-order valence-corrected chi connectivity index (χ3v) is 4.21. The van der Waals surface area contributed by atoms with Gasteiger partial charge in [0.25, 0.3) is 0 Å². The summed E-state index contributed by atoms with van der Waals surface area (Å²) in [6.07, 6.45) is 6.28. The highest BCUT2D eigenvalue weighted by atomic mass is 79.9. The molecule has 1 heterocycles. The molecule has 3 atom stereocenters. The minimum Gasteiger partial charge on any atom is -0.381 e. The van der Waals surface area contributed by atoms with Crippen LogP contribution in [0.15, 0.2) is 22.9 Å². The van der Waals surface area contributed by atoms with Crippen LogP contribution in [0.1, 0.15) is 26.7 Å². The number of hydrogen-bond donors (Lipinski definition) is 1. The van der Waals surface area contributed by atoms with E-state index in [0.717, 1.165) is 22.0 Å². The number of nitrogens with zero attached hydrogens (tertiary/aromatic N) is 1. The molecule has 1 aliphatic carbocycles. The monoisotopic (exact) mass is 268 g/mol. The predicted molar refractivity (Wildman–Crippen MR) is 66.9 cm³/mol. The molecule has 1 aromatic rings. The fourth-order valence-electron chi connectivity index (χ4n) is 2.26. The fourth-order valence-corrected chi connectivity index (χ4v) is 2.63. The molecule has 1 saturated carbocycles. The summed E-state index contributed by atoms with van der Waals surface area (Å²) in [7, 11) is 0. The second-order valence-electron chi connectivity index (χ2n) is 4.52. The van der Waals surface area contributed by atoms with E-state index < -0.39 is 0 Å². The highest BCUT2D eigenvalue weighted by Crippen LogP contribution is 2.34. The molecule has 0 radical (unpaired) electrons. The molecule has 82 valence electrons. The molecule has 1 aliphatic rings. The van der Waals surface area contributed by atoms with Crippen LogP contribution < -0.4 is 5.32 Å². The largest absolute Gasteiger partial charge is 0.381 e. The summed E-state index contributed by atoms with van der Waals surface area (Å²) in [4.78, 5) is 4.07. The van der Waals surface area contributed by atoms with Gasteiger partial charge in [0.15, 0.2) is 0 Å². The Balaban J connectivity index is 2.07. The fraction of sp³-hybridized carbons (Fsp3) is 0.583. The van der Waals surface area contributed by atoms with Gasteiger partial charge in [-0.3, -0.25) is 4.98 Å². The van der Waals surface area contributed by atoms with E-state index >= 15 is 0 Å². The molecule has 1 aromatic heterocycles. The van der Waals surface area contributed by atoms with Crippen LogP contribution in [0, 0.1) is 11.8 Å². The molecular weight excluding hydrogens is 252 g/mol. The van der Waals surface area contributed by atoms with Gasteiger partial charge in [-0.25, -0.2) is 0 Å². The maximum atomic E-state index is 4.07. The van der Waals surface area contributed by atoms with Crippen molar-refractivity contribution >= 4 is 21.6 Å². The van der Waals surface area contributed by atoms with Crippen molar-refractivity contribution in [2.75, 3.05) is 5.32 Å².